The second kappa shape index (κ2) is 4.89. The van der Waals surface area contributed by atoms with Crippen molar-refractivity contribution < 1.29 is 9.84 Å². The van der Waals surface area contributed by atoms with Gasteiger partial charge in [0.05, 0.1) is 18.7 Å². The summed E-state index contributed by atoms with van der Waals surface area (Å²) in [7, 11) is 1.70. The Bertz CT molecular complexity index is 588. The molecule has 1 aromatic heterocycles. The molecule has 0 saturated heterocycles. The lowest BCUT2D eigenvalue weighted by atomic mass is 9.94. The van der Waals surface area contributed by atoms with Crippen molar-refractivity contribution >= 4 is 10.9 Å². The van der Waals surface area contributed by atoms with Gasteiger partial charge in [0, 0.05) is 11.1 Å². The number of nitrogens with one attached hydrogen (secondary N) is 1. The number of aromatic nitrogens is 1. The Hall–Kier alpha value is -1.48. The fourth-order valence-corrected chi connectivity index (χ4v) is 3.33. The number of aryl methyl sites for hydroxylation is 1. The third-order valence-corrected chi connectivity index (χ3v) is 4.42. The van der Waals surface area contributed by atoms with Crippen LogP contribution >= 0.6 is 0 Å². The van der Waals surface area contributed by atoms with Gasteiger partial charge in [-0.1, -0.05) is 18.6 Å². The molecule has 1 aromatic carbocycles. The molecule has 2 N–H and O–H groups in total. The van der Waals surface area contributed by atoms with Crippen LogP contribution in [0.4, 0.5) is 0 Å². The van der Waals surface area contributed by atoms with Crippen LogP contribution in [0.1, 0.15) is 30.5 Å². The van der Waals surface area contributed by atoms with Crippen LogP contribution in [0, 0.1) is 12.8 Å². The van der Waals surface area contributed by atoms with Crippen LogP contribution in [-0.2, 0) is 6.42 Å². The minimum atomic E-state index is -0.130. The number of hydrogen-bond donors (Lipinski definition) is 2. The van der Waals surface area contributed by atoms with Gasteiger partial charge in [0.1, 0.15) is 5.75 Å². The first-order valence-corrected chi connectivity index (χ1v) is 7.03. The Kier molecular flexibility index (Phi) is 3.23. The van der Waals surface area contributed by atoms with E-state index in [0.29, 0.717) is 5.92 Å². The summed E-state index contributed by atoms with van der Waals surface area (Å²) in [5.41, 5.74) is 3.60. The zero-order chi connectivity index (χ0) is 13.4. The molecule has 3 heteroatoms. The molecular formula is C16H21NO2. The van der Waals surface area contributed by atoms with Crippen molar-refractivity contribution in [3.8, 4) is 5.75 Å². The number of aromatic amines is 1. The molecule has 3 rings (SSSR count). The van der Waals surface area contributed by atoms with E-state index >= 15 is 0 Å². The fourth-order valence-electron chi connectivity index (χ4n) is 3.33. The van der Waals surface area contributed by atoms with Crippen molar-refractivity contribution in [1.82, 2.24) is 4.98 Å². The molecule has 1 saturated carbocycles. The van der Waals surface area contributed by atoms with Gasteiger partial charge in [-0.15, -0.1) is 0 Å². The number of aliphatic hydroxyl groups excluding tert-OH is 1. The van der Waals surface area contributed by atoms with Crippen molar-refractivity contribution in [3.05, 3.63) is 29.5 Å². The van der Waals surface area contributed by atoms with E-state index < -0.39 is 0 Å². The van der Waals surface area contributed by atoms with Crippen molar-refractivity contribution in [3.63, 3.8) is 0 Å². The molecule has 0 amide bonds. The van der Waals surface area contributed by atoms with Gasteiger partial charge in [0.2, 0.25) is 0 Å². The maximum Gasteiger partial charge on any atom is 0.142 e. The number of fused-ring (bicyclic) bond motifs is 1. The van der Waals surface area contributed by atoms with Gasteiger partial charge in [-0.25, -0.2) is 0 Å². The summed E-state index contributed by atoms with van der Waals surface area (Å²) in [5.74, 6) is 1.29. The molecule has 0 radical (unpaired) electrons. The average Bonchev–Trinajstić information content (AvgIpc) is 2.95. The topological polar surface area (TPSA) is 45.2 Å². The zero-order valence-electron chi connectivity index (χ0n) is 11.6. The molecule has 2 unspecified atom stereocenters. The molecule has 0 aliphatic heterocycles. The minimum absolute atomic E-state index is 0.130. The average molecular weight is 259 g/mol. The summed E-state index contributed by atoms with van der Waals surface area (Å²) in [5, 5.41) is 11.2. The van der Waals surface area contributed by atoms with Crippen LogP contribution in [0.2, 0.25) is 0 Å². The van der Waals surface area contributed by atoms with E-state index in [-0.39, 0.29) is 6.10 Å². The molecule has 2 atom stereocenters. The maximum atomic E-state index is 10.0. The molecule has 0 spiro atoms. The normalized spacial score (nSPS) is 23.1. The quantitative estimate of drug-likeness (QED) is 0.889. The highest BCUT2D eigenvalue weighted by atomic mass is 16.5. The van der Waals surface area contributed by atoms with Crippen molar-refractivity contribution in [1.29, 1.82) is 0 Å². The van der Waals surface area contributed by atoms with Crippen molar-refractivity contribution in [2.24, 2.45) is 5.92 Å². The summed E-state index contributed by atoms with van der Waals surface area (Å²) in [6, 6.07) is 6.15. The smallest absolute Gasteiger partial charge is 0.142 e. The van der Waals surface area contributed by atoms with Gasteiger partial charge >= 0.3 is 0 Å². The highest BCUT2D eigenvalue weighted by Crippen LogP contribution is 2.35. The molecule has 3 nitrogen and oxygen atoms in total. The molecule has 1 fully saturated rings. The Morgan fingerprint density at radius 2 is 2.21 bits per heavy atom. The predicted molar refractivity (Wildman–Crippen MR) is 76.6 cm³/mol. The number of benzene rings is 1. The first-order chi connectivity index (χ1) is 9.20. The largest absolute Gasteiger partial charge is 0.495 e. The number of ether oxygens (including phenoxy) is 1. The van der Waals surface area contributed by atoms with E-state index in [2.05, 4.69) is 18.0 Å². The summed E-state index contributed by atoms with van der Waals surface area (Å²) in [6.07, 6.45) is 4.07. The number of H-pyrrole nitrogens is 1. The van der Waals surface area contributed by atoms with Crippen LogP contribution in [0.3, 0.4) is 0 Å². The second-order valence-corrected chi connectivity index (χ2v) is 5.57. The first-order valence-electron chi connectivity index (χ1n) is 7.03. The molecule has 19 heavy (non-hydrogen) atoms. The molecule has 1 aliphatic rings. The summed E-state index contributed by atoms with van der Waals surface area (Å²) in [6.45, 7) is 2.11. The van der Waals surface area contributed by atoms with E-state index in [1.54, 1.807) is 7.11 Å². The van der Waals surface area contributed by atoms with Gasteiger partial charge in [-0.3, -0.25) is 0 Å². The van der Waals surface area contributed by atoms with Crippen molar-refractivity contribution in [2.75, 3.05) is 7.11 Å². The summed E-state index contributed by atoms with van der Waals surface area (Å²) in [4.78, 5) is 3.43. The van der Waals surface area contributed by atoms with Gasteiger partial charge in [0.15, 0.2) is 0 Å². The molecule has 1 heterocycles. The minimum Gasteiger partial charge on any atom is -0.495 e. The summed E-state index contributed by atoms with van der Waals surface area (Å²) >= 11 is 0. The molecule has 1 aliphatic carbocycles. The molecule has 0 bridgehead atoms. The molecule has 102 valence electrons. The van der Waals surface area contributed by atoms with Crippen LogP contribution in [0.5, 0.6) is 5.75 Å². The van der Waals surface area contributed by atoms with E-state index in [4.69, 9.17) is 4.74 Å². The Morgan fingerprint density at radius 3 is 2.89 bits per heavy atom. The second-order valence-electron chi connectivity index (χ2n) is 5.57. The lowest BCUT2D eigenvalue weighted by Crippen LogP contribution is -2.15. The summed E-state index contributed by atoms with van der Waals surface area (Å²) < 4.78 is 5.41. The Balaban J connectivity index is 2.01. The monoisotopic (exact) mass is 259 g/mol. The Morgan fingerprint density at radius 1 is 1.37 bits per heavy atom. The van der Waals surface area contributed by atoms with Crippen LogP contribution in [0.25, 0.3) is 10.9 Å². The predicted octanol–water partition coefficient (Wildman–Crippen LogP) is 3.19. The highest BCUT2D eigenvalue weighted by Gasteiger charge is 2.27. The number of rotatable bonds is 3. The number of para-hydroxylation sites is 1. The third kappa shape index (κ3) is 2.12. The number of hydrogen-bond acceptors (Lipinski definition) is 2. The van der Waals surface area contributed by atoms with Crippen LogP contribution in [-0.4, -0.2) is 23.3 Å². The van der Waals surface area contributed by atoms with Gasteiger partial charge in [0.25, 0.3) is 0 Å². The Labute approximate surface area is 113 Å². The lowest BCUT2D eigenvalue weighted by molar-refractivity contribution is 0.133. The molecular weight excluding hydrogens is 238 g/mol. The third-order valence-electron chi connectivity index (χ3n) is 4.42. The van der Waals surface area contributed by atoms with E-state index in [1.807, 2.05) is 12.1 Å². The van der Waals surface area contributed by atoms with Gasteiger partial charge in [-0.2, -0.15) is 0 Å². The van der Waals surface area contributed by atoms with Crippen molar-refractivity contribution in [2.45, 2.75) is 38.7 Å². The van der Waals surface area contributed by atoms with Gasteiger partial charge in [-0.05, 0) is 43.7 Å². The van der Waals surface area contributed by atoms with Gasteiger partial charge < -0.3 is 14.8 Å². The van der Waals surface area contributed by atoms with E-state index in [1.165, 1.54) is 16.6 Å². The fraction of sp³-hybridized carbons (Fsp3) is 0.500. The number of aliphatic hydroxyl groups is 1. The van der Waals surface area contributed by atoms with Crippen LogP contribution < -0.4 is 4.74 Å². The van der Waals surface area contributed by atoms with E-state index in [0.717, 1.165) is 36.9 Å². The lowest BCUT2D eigenvalue weighted by Gasteiger charge is -2.14. The SMILES string of the molecule is COc1cccc2c(CC3CCCC3O)c(C)[nH]c12. The first kappa shape index (κ1) is 12.5. The standard InChI is InChI=1S/C16H21NO2/c1-10-13(9-11-5-3-7-14(11)18)12-6-4-8-15(19-2)16(12)17-10/h4,6,8,11,14,17-18H,3,5,7,9H2,1-2H3. The highest BCUT2D eigenvalue weighted by molar-refractivity contribution is 5.89. The van der Waals surface area contributed by atoms with E-state index in [9.17, 15) is 5.11 Å². The molecule has 2 aromatic rings. The zero-order valence-corrected chi connectivity index (χ0v) is 11.6. The maximum absolute atomic E-state index is 10.0. The number of methoxy groups -OCH3 is 1. The van der Waals surface area contributed by atoms with Crippen LogP contribution in [0.15, 0.2) is 18.2 Å².